The molecule has 0 aliphatic heterocycles. The van der Waals surface area contributed by atoms with Crippen molar-refractivity contribution in [1.82, 2.24) is 19.5 Å². The SMILES string of the molecule is C=CCOC(=O)OS(=O)(=O)c1nc(N)c2[nH]c(=O)n(Cc3ccccc3)c2n1. The number of fused-ring (bicyclic) bond motifs is 1. The van der Waals surface area contributed by atoms with Crippen LogP contribution in [0.4, 0.5) is 10.6 Å². The zero-order chi connectivity index (χ0) is 20.3. The van der Waals surface area contributed by atoms with Gasteiger partial charge in [0.2, 0.25) is 0 Å². The molecule has 12 heteroatoms. The number of nitrogens with two attached hydrogens (primary N) is 1. The van der Waals surface area contributed by atoms with Gasteiger partial charge >= 0.3 is 22.0 Å². The third-order valence-electron chi connectivity index (χ3n) is 3.53. The smallest absolute Gasteiger partial charge is 0.429 e. The predicted molar refractivity (Wildman–Crippen MR) is 97.9 cm³/mol. The van der Waals surface area contributed by atoms with Crippen LogP contribution < -0.4 is 11.4 Å². The summed E-state index contributed by atoms with van der Waals surface area (Å²) in [5.41, 5.74) is 5.99. The van der Waals surface area contributed by atoms with E-state index in [1.165, 1.54) is 10.6 Å². The lowest BCUT2D eigenvalue weighted by atomic mass is 10.2. The van der Waals surface area contributed by atoms with E-state index < -0.39 is 27.1 Å². The van der Waals surface area contributed by atoms with E-state index in [0.717, 1.165) is 5.56 Å². The van der Waals surface area contributed by atoms with Gasteiger partial charge in [0.05, 0.1) is 6.54 Å². The lowest BCUT2D eigenvalue weighted by molar-refractivity contribution is 0.112. The molecule has 0 amide bonds. The summed E-state index contributed by atoms with van der Waals surface area (Å²) in [6.07, 6.45) is -0.242. The highest BCUT2D eigenvalue weighted by Crippen LogP contribution is 2.19. The Kier molecular flexibility index (Phi) is 5.13. The number of ether oxygens (including phenoxy) is 1. The van der Waals surface area contributed by atoms with Crippen molar-refractivity contribution in [1.29, 1.82) is 0 Å². The van der Waals surface area contributed by atoms with Crippen LogP contribution in [-0.2, 0) is 25.6 Å². The van der Waals surface area contributed by atoms with Gasteiger partial charge in [0.25, 0.3) is 5.16 Å². The zero-order valence-corrected chi connectivity index (χ0v) is 15.2. The van der Waals surface area contributed by atoms with E-state index in [1.54, 1.807) is 24.3 Å². The molecule has 0 radical (unpaired) electrons. The van der Waals surface area contributed by atoms with Crippen molar-refractivity contribution in [3.63, 3.8) is 0 Å². The Bertz CT molecular complexity index is 1200. The highest BCUT2D eigenvalue weighted by Gasteiger charge is 2.27. The number of nitrogen functional groups attached to an aromatic ring is 1. The van der Waals surface area contributed by atoms with Crippen LogP contribution in [0, 0.1) is 0 Å². The summed E-state index contributed by atoms with van der Waals surface area (Å²) in [7, 11) is -4.72. The van der Waals surface area contributed by atoms with Crippen LogP contribution in [0.1, 0.15) is 5.56 Å². The number of nitrogens with zero attached hydrogens (tertiary/aromatic N) is 3. The first-order chi connectivity index (χ1) is 13.3. The largest absolute Gasteiger partial charge is 0.524 e. The molecule has 146 valence electrons. The number of aromatic amines is 1. The molecule has 0 aliphatic rings. The fourth-order valence-corrected chi connectivity index (χ4v) is 3.04. The fourth-order valence-electron chi connectivity index (χ4n) is 2.33. The number of nitrogens with one attached hydrogen (secondary N) is 1. The minimum Gasteiger partial charge on any atom is -0.429 e. The summed E-state index contributed by atoms with van der Waals surface area (Å²) in [5, 5.41) is -0.881. The standard InChI is InChI=1S/C16H15N5O6S/c1-2-8-26-16(23)27-28(24,25)14-19-12(17)11-13(20-14)21(15(22)18-11)9-10-6-4-3-5-7-10/h2-7H,1,8-9H2,(H,18,22)(H2,17,19,20). The number of hydrogen-bond donors (Lipinski definition) is 2. The molecule has 28 heavy (non-hydrogen) atoms. The van der Waals surface area contributed by atoms with Crippen LogP contribution >= 0.6 is 0 Å². The minimum atomic E-state index is -4.72. The van der Waals surface area contributed by atoms with Crippen LogP contribution in [0.2, 0.25) is 0 Å². The van der Waals surface area contributed by atoms with Crippen molar-refractivity contribution >= 4 is 33.3 Å². The molecule has 3 aromatic rings. The zero-order valence-electron chi connectivity index (χ0n) is 14.4. The second kappa shape index (κ2) is 7.52. The number of rotatable bonds is 6. The molecule has 1 aromatic carbocycles. The van der Waals surface area contributed by atoms with Gasteiger partial charge in [-0.25, -0.2) is 9.59 Å². The second-order valence-electron chi connectivity index (χ2n) is 5.48. The Morgan fingerprint density at radius 2 is 2.00 bits per heavy atom. The number of imidazole rings is 1. The fraction of sp³-hybridized carbons (Fsp3) is 0.125. The van der Waals surface area contributed by atoms with Gasteiger partial charge in [-0.3, -0.25) is 4.57 Å². The Hall–Kier alpha value is -3.67. The number of anilines is 1. The van der Waals surface area contributed by atoms with E-state index in [0.29, 0.717) is 0 Å². The van der Waals surface area contributed by atoms with E-state index in [-0.39, 0.29) is 30.1 Å². The van der Waals surface area contributed by atoms with Crippen molar-refractivity contribution in [2.75, 3.05) is 12.3 Å². The number of carbonyl (C=O) groups excluding carboxylic acids is 1. The number of carbonyl (C=O) groups is 1. The van der Waals surface area contributed by atoms with Crippen LogP contribution in [-0.4, -0.2) is 40.7 Å². The first kappa shape index (κ1) is 19.1. The van der Waals surface area contributed by atoms with Gasteiger partial charge in [0.1, 0.15) is 12.1 Å². The lowest BCUT2D eigenvalue weighted by Gasteiger charge is -2.07. The molecule has 2 heterocycles. The molecular formula is C16H15N5O6S. The third kappa shape index (κ3) is 3.86. The molecular weight excluding hydrogens is 390 g/mol. The number of aromatic nitrogens is 4. The van der Waals surface area contributed by atoms with Crippen molar-refractivity contribution in [3.05, 3.63) is 59.0 Å². The maximum Gasteiger partial charge on any atom is 0.524 e. The number of benzene rings is 1. The Balaban J connectivity index is 2.03. The molecule has 3 rings (SSSR count). The predicted octanol–water partition coefficient (Wildman–Crippen LogP) is 0.778. The van der Waals surface area contributed by atoms with Crippen molar-refractivity contribution < 1.29 is 22.1 Å². The topological polar surface area (TPSA) is 159 Å². The molecule has 0 aliphatic carbocycles. The first-order valence-electron chi connectivity index (χ1n) is 7.84. The maximum absolute atomic E-state index is 12.3. The maximum atomic E-state index is 12.3. The summed E-state index contributed by atoms with van der Waals surface area (Å²) in [6.45, 7) is 3.18. The number of H-pyrrole nitrogens is 1. The molecule has 0 bridgehead atoms. The van der Waals surface area contributed by atoms with Gasteiger partial charge in [-0.2, -0.15) is 18.4 Å². The normalized spacial score (nSPS) is 11.3. The van der Waals surface area contributed by atoms with E-state index in [9.17, 15) is 18.0 Å². The molecule has 0 atom stereocenters. The van der Waals surface area contributed by atoms with Gasteiger partial charge in [-0.05, 0) is 5.56 Å². The van der Waals surface area contributed by atoms with Gasteiger partial charge < -0.3 is 19.6 Å². The number of hydrogen-bond acceptors (Lipinski definition) is 9. The molecule has 11 nitrogen and oxygen atoms in total. The monoisotopic (exact) mass is 405 g/mol. The summed E-state index contributed by atoms with van der Waals surface area (Å²) in [5.74, 6) is -0.296. The average molecular weight is 405 g/mol. The summed E-state index contributed by atoms with van der Waals surface area (Å²) < 4.78 is 34.4. The second-order valence-corrected chi connectivity index (χ2v) is 6.92. The van der Waals surface area contributed by atoms with Gasteiger partial charge in [0.15, 0.2) is 11.5 Å². The molecule has 0 saturated carbocycles. The summed E-state index contributed by atoms with van der Waals surface area (Å²) in [4.78, 5) is 33.7. The van der Waals surface area contributed by atoms with E-state index in [2.05, 4.69) is 30.5 Å². The van der Waals surface area contributed by atoms with E-state index >= 15 is 0 Å². The minimum absolute atomic E-state index is 0.0528. The van der Waals surface area contributed by atoms with Gasteiger partial charge in [0, 0.05) is 0 Å². The average Bonchev–Trinajstić information content (AvgIpc) is 2.97. The summed E-state index contributed by atoms with van der Waals surface area (Å²) in [6, 6.07) is 8.96. The van der Waals surface area contributed by atoms with Crippen molar-refractivity contribution in [2.45, 2.75) is 11.7 Å². The molecule has 0 spiro atoms. The summed E-state index contributed by atoms with van der Waals surface area (Å²) >= 11 is 0. The third-order valence-corrected chi connectivity index (χ3v) is 4.52. The Labute approximate surface area is 158 Å². The first-order valence-corrected chi connectivity index (χ1v) is 9.24. The quantitative estimate of drug-likeness (QED) is 0.261. The van der Waals surface area contributed by atoms with Crippen LogP contribution in [0.5, 0.6) is 0 Å². The molecule has 0 fully saturated rings. The molecule has 0 saturated heterocycles. The van der Waals surface area contributed by atoms with Crippen molar-refractivity contribution in [2.24, 2.45) is 0 Å². The van der Waals surface area contributed by atoms with Crippen molar-refractivity contribution in [3.8, 4) is 0 Å². The lowest BCUT2D eigenvalue weighted by Crippen LogP contribution is -2.19. The van der Waals surface area contributed by atoms with Gasteiger partial charge in [-0.1, -0.05) is 43.0 Å². The molecule has 3 N–H and O–H groups in total. The van der Waals surface area contributed by atoms with Crippen LogP contribution in [0.25, 0.3) is 11.2 Å². The van der Waals surface area contributed by atoms with Gasteiger partial charge in [-0.15, -0.1) is 0 Å². The Morgan fingerprint density at radius 3 is 2.68 bits per heavy atom. The van der Waals surface area contributed by atoms with Crippen LogP contribution in [0.3, 0.4) is 0 Å². The highest BCUT2D eigenvalue weighted by atomic mass is 32.2. The van der Waals surface area contributed by atoms with E-state index in [1.807, 2.05) is 6.07 Å². The molecule has 0 unspecified atom stereocenters. The van der Waals surface area contributed by atoms with Crippen LogP contribution in [0.15, 0.2) is 52.9 Å². The highest BCUT2D eigenvalue weighted by molar-refractivity contribution is 7.87. The molecule has 2 aromatic heterocycles. The van der Waals surface area contributed by atoms with E-state index in [4.69, 9.17) is 5.73 Å². The Morgan fingerprint density at radius 1 is 1.29 bits per heavy atom.